The van der Waals surface area contributed by atoms with Gasteiger partial charge in [0.1, 0.15) is 24.1 Å². The summed E-state index contributed by atoms with van der Waals surface area (Å²) in [4.78, 5) is 2.41. The fourth-order valence-corrected chi connectivity index (χ4v) is 4.90. The number of likely N-dealkylation sites (tertiary alicyclic amines) is 1. The van der Waals surface area contributed by atoms with E-state index in [2.05, 4.69) is 4.90 Å². The summed E-state index contributed by atoms with van der Waals surface area (Å²) in [5, 5.41) is 31.8. The third kappa shape index (κ3) is 2.37. The zero-order valence-electron chi connectivity index (χ0n) is 13.7. The number of ether oxygens (including phenoxy) is 1. The van der Waals surface area contributed by atoms with Crippen LogP contribution in [0.2, 0.25) is 0 Å². The summed E-state index contributed by atoms with van der Waals surface area (Å²) < 4.78 is 6.06. The maximum atomic E-state index is 11.1. The first-order chi connectivity index (χ1) is 11.6. The molecule has 0 spiro atoms. The van der Waals surface area contributed by atoms with E-state index >= 15 is 0 Å². The quantitative estimate of drug-likeness (QED) is 0.711. The highest BCUT2D eigenvalue weighted by Crippen LogP contribution is 2.44. The highest BCUT2D eigenvalue weighted by Gasteiger charge is 2.51. The van der Waals surface area contributed by atoms with Gasteiger partial charge in [0.05, 0.1) is 6.10 Å². The summed E-state index contributed by atoms with van der Waals surface area (Å²) in [6, 6.07) is 0.228. The summed E-state index contributed by atoms with van der Waals surface area (Å²) >= 11 is 0. The average molecular weight is 331 g/mol. The summed E-state index contributed by atoms with van der Waals surface area (Å²) in [5.74, 6) is 0.838. The van der Waals surface area contributed by atoms with Crippen LogP contribution in [0.1, 0.15) is 25.7 Å². The molecule has 2 fully saturated rings. The van der Waals surface area contributed by atoms with Crippen LogP contribution in [0.15, 0.2) is 35.6 Å². The molecule has 1 saturated heterocycles. The van der Waals surface area contributed by atoms with Gasteiger partial charge in [-0.25, -0.2) is 0 Å². The molecule has 1 saturated carbocycles. The molecule has 5 rings (SSSR count). The first-order valence-corrected chi connectivity index (χ1v) is 9.17. The number of fused-ring (bicyclic) bond motifs is 3. The van der Waals surface area contributed by atoms with E-state index in [0.717, 1.165) is 30.9 Å². The number of rotatable bonds is 2. The summed E-state index contributed by atoms with van der Waals surface area (Å²) in [7, 11) is 0. The first kappa shape index (κ1) is 15.1. The molecule has 2 aliphatic heterocycles. The Hall–Kier alpha value is -1.14. The van der Waals surface area contributed by atoms with E-state index in [1.807, 2.05) is 18.2 Å². The Morgan fingerprint density at radius 3 is 2.83 bits per heavy atom. The van der Waals surface area contributed by atoms with Gasteiger partial charge in [-0.15, -0.1) is 0 Å². The normalized spacial score (nSPS) is 47.5. The molecule has 3 N–H and O–H groups in total. The van der Waals surface area contributed by atoms with Gasteiger partial charge in [-0.05, 0) is 49.3 Å². The Balaban J connectivity index is 1.57. The van der Waals surface area contributed by atoms with Crippen LogP contribution in [0.25, 0.3) is 0 Å². The molecule has 0 aromatic heterocycles. The molecule has 5 bridgehead atoms. The van der Waals surface area contributed by atoms with Gasteiger partial charge < -0.3 is 20.1 Å². The van der Waals surface area contributed by atoms with Gasteiger partial charge >= 0.3 is 0 Å². The molecule has 0 aromatic carbocycles. The molecule has 130 valence electrons. The fourth-order valence-electron chi connectivity index (χ4n) is 4.90. The molecule has 7 atom stereocenters. The Kier molecular flexibility index (Phi) is 3.42. The van der Waals surface area contributed by atoms with Crippen LogP contribution in [-0.2, 0) is 4.74 Å². The molecular weight excluding hydrogens is 306 g/mol. The summed E-state index contributed by atoms with van der Waals surface area (Å²) in [6.07, 6.45) is 9.53. The molecule has 5 aliphatic rings. The molecule has 5 heteroatoms. The second-order valence-electron chi connectivity index (χ2n) is 8.07. The van der Waals surface area contributed by atoms with E-state index in [1.165, 1.54) is 12.8 Å². The van der Waals surface area contributed by atoms with Crippen molar-refractivity contribution in [1.29, 1.82) is 0 Å². The van der Waals surface area contributed by atoms with Gasteiger partial charge in [0, 0.05) is 24.5 Å². The van der Waals surface area contributed by atoms with Gasteiger partial charge in [-0.3, -0.25) is 4.90 Å². The van der Waals surface area contributed by atoms with Crippen molar-refractivity contribution in [2.24, 2.45) is 11.8 Å². The van der Waals surface area contributed by atoms with Crippen molar-refractivity contribution in [1.82, 2.24) is 4.90 Å². The number of aliphatic hydroxyl groups is 3. The Morgan fingerprint density at radius 2 is 2.04 bits per heavy atom. The zero-order chi connectivity index (χ0) is 16.4. The largest absolute Gasteiger partial charge is 0.510 e. The van der Waals surface area contributed by atoms with Gasteiger partial charge in [0.25, 0.3) is 0 Å². The lowest BCUT2D eigenvalue weighted by Gasteiger charge is -2.51. The van der Waals surface area contributed by atoms with E-state index in [0.29, 0.717) is 0 Å². The van der Waals surface area contributed by atoms with Gasteiger partial charge in [-0.2, -0.15) is 0 Å². The lowest BCUT2D eigenvalue weighted by Crippen LogP contribution is -2.61. The van der Waals surface area contributed by atoms with Crippen molar-refractivity contribution < 1.29 is 20.1 Å². The average Bonchev–Trinajstić information content (AvgIpc) is 3.37. The molecule has 24 heavy (non-hydrogen) atoms. The minimum Gasteiger partial charge on any atom is -0.510 e. The van der Waals surface area contributed by atoms with E-state index in [9.17, 15) is 15.3 Å². The van der Waals surface area contributed by atoms with Crippen LogP contribution in [0, 0.1) is 11.8 Å². The smallest absolute Gasteiger partial charge is 0.120 e. The minimum absolute atomic E-state index is 0.0506. The molecular formula is C19H25NO4. The Labute approximate surface area is 141 Å². The third-order valence-electron chi connectivity index (χ3n) is 6.38. The lowest BCUT2D eigenvalue weighted by molar-refractivity contribution is -0.132. The highest BCUT2D eigenvalue weighted by molar-refractivity contribution is 5.31. The molecule has 3 aliphatic carbocycles. The number of piperidine rings is 1. The van der Waals surface area contributed by atoms with Crippen molar-refractivity contribution >= 4 is 0 Å². The Bertz CT molecular complexity index is 623. The van der Waals surface area contributed by atoms with Gasteiger partial charge in [0.2, 0.25) is 0 Å². The molecule has 2 heterocycles. The van der Waals surface area contributed by atoms with Crippen LogP contribution in [-0.4, -0.2) is 63.3 Å². The molecule has 0 aromatic rings. The summed E-state index contributed by atoms with van der Waals surface area (Å²) in [5.41, 5.74) is 1.11. The first-order valence-electron chi connectivity index (χ1n) is 9.17. The van der Waals surface area contributed by atoms with Crippen LogP contribution in [0.4, 0.5) is 0 Å². The number of nitrogens with zero attached hydrogens (tertiary/aromatic N) is 1. The number of allylic oxidation sites excluding steroid dienone is 1. The van der Waals surface area contributed by atoms with Crippen LogP contribution < -0.4 is 0 Å². The van der Waals surface area contributed by atoms with Crippen LogP contribution in [0.3, 0.4) is 0 Å². The number of hydrogen-bond donors (Lipinski definition) is 3. The predicted octanol–water partition coefficient (Wildman–Crippen LogP) is 1.29. The molecule has 0 amide bonds. The molecule has 2 unspecified atom stereocenters. The maximum Gasteiger partial charge on any atom is 0.120 e. The zero-order valence-corrected chi connectivity index (χ0v) is 13.7. The van der Waals surface area contributed by atoms with Crippen LogP contribution in [0.5, 0.6) is 0 Å². The van der Waals surface area contributed by atoms with Gasteiger partial charge in [0.15, 0.2) is 0 Å². The van der Waals surface area contributed by atoms with Crippen molar-refractivity contribution in [3.63, 3.8) is 0 Å². The van der Waals surface area contributed by atoms with E-state index in [1.54, 1.807) is 6.08 Å². The number of hydrogen-bond acceptors (Lipinski definition) is 5. The highest BCUT2D eigenvalue weighted by atomic mass is 16.5. The van der Waals surface area contributed by atoms with E-state index in [-0.39, 0.29) is 23.8 Å². The predicted molar refractivity (Wildman–Crippen MR) is 88.3 cm³/mol. The van der Waals surface area contributed by atoms with Crippen molar-refractivity contribution in [2.45, 2.75) is 62.2 Å². The van der Waals surface area contributed by atoms with Crippen molar-refractivity contribution in [3.8, 4) is 0 Å². The molecule has 0 radical (unpaired) electrons. The van der Waals surface area contributed by atoms with E-state index < -0.39 is 24.4 Å². The monoisotopic (exact) mass is 331 g/mol. The third-order valence-corrected chi connectivity index (χ3v) is 6.38. The number of aliphatic hydroxyl groups excluding tert-OH is 3. The topological polar surface area (TPSA) is 73.2 Å². The van der Waals surface area contributed by atoms with E-state index in [4.69, 9.17) is 4.74 Å². The SMILES string of the molecule is OC1=CC2C[C@@H]3[C@H](O)[C@@H](CC4=CC(O[C@@H]13)[C@H](O)C=C4)N2CC1CC1. The van der Waals surface area contributed by atoms with Crippen LogP contribution >= 0.6 is 0 Å². The maximum absolute atomic E-state index is 11.1. The second kappa shape index (κ2) is 5.43. The minimum atomic E-state index is -0.697. The lowest BCUT2D eigenvalue weighted by atomic mass is 9.74. The summed E-state index contributed by atoms with van der Waals surface area (Å²) in [6.45, 7) is 0.997. The van der Waals surface area contributed by atoms with Gasteiger partial charge in [-0.1, -0.05) is 12.2 Å². The van der Waals surface area contributed by atoms with Crippen molar-refractivity contribution in [2.75, 3.05) is 6.54 Å². The van der Waals surface area contributed by atoms with Crippen molar-refractivity contribution in [3.05, 3.63) is 35.6 Å². The Morgan fingerprint density at radius 1 is 1.21 bits per heavy atom. The fraction of sp³-hybridized carbons (Fsp3) is 0.684. The molecule has 5 nitrogen and oxygen atoms in total. The second-order valence-corrected chi connectivity index (χ2v) is 8.07. The standard InChI is InChI=1S/C19H25NO4/c21-15-4-3-11-5-14-18(23)13-7-12(20(14)9-10-1-2-10)8-16(22)19(13)24-17(15)6-11/h3-4,6,8,10,12-15,17-19,21-23H,1-2,5,7,9H2/t12?,13-,14-,15-,17?,18+,19-/m1/s1.